The van der Waals surface area contributed by atoms with Crippen LogP contribution in [0.1, 0.15) is 59.8 Å². The summed E-state index contributed by atoms with van der Waals surface area (Å²) in [5.41, 5.74) is 0.159. The van der Waals surface area contributed by atoms with Crippen LogP contribution in [0.25, 0.3) is 0 Å². The molecule has 0 aliphatic carbocycles. The van der Waals surface area contributed by atoms with Gasteiger partial charge in [-0.2, -0.15) is 0 Å². The average molecular weight is 206 g/mol. The summed E-state index contributed by atoms with van der Waals surface area (Å²) in [4.78, 5) is 0. The van der Waals surface area contributed by atoms with Gasteiger partial charge in [-0.3, -0.25) is 0 Å². The maximum absolute atomic E-state index is 6.18. The molecule has 2 heteroatoms. The quantitative estimate of drug-likeness (QED) is 0.445. The fraction of sp³-hybridized carbons (Fsp3) is 1.00. The molecule has 0 saturated carbocycles. The summed E-state index contributed by atoms with van der Waals surface area (Å²) < 4.78 is 1.96. The molecule has 1 nitrogen and oxygen atoms in total. The fourth-order valence-electron chi connectivity index (χ4n) is 1.43. The van der Waals surface area contributed by atoms with E-state index < -0.39 is 0 Å². The summed E-state index contributed by atoms with van der Waals surface area (Å²) >= 11 is 6.18. The Morgan fingerprint density at radius 1 is 1.08 bits per heavy atom. The van der Waals surface area contributed by atoms with Crippen molar-refractivity contribution in [3.05, 3.63) is 0 Å². The first-order valence-corrected chi connectivity index (χ1v) is 5.81. The molecule has 80 valence electrons. The van der Waals surface area contributed by atoms with Crippen molar-refractivity contribution < 1.29 is 0 Å². The summed E-state index contributed by atoms with van der Waals surface area (Å²) in [5, 5.41) is 0. The monoisotopic (exact) mass is 205 g/mol. The van der Waals surface area contributed by atoms with Crippen molar-refractivity contribution >= 4 is 11.8 Å². The molecule has 0 fully saturated rings. The highest BCUT2D eigenvalue weighted by molar-refractivity contribution is 6.13. The van der Waals surface area contributed by atoms with Gasteiger partial charge in [-0.25, -0.2) is 4.42 Å². The molecule has 0 N–H and O–H groups in total. The molecular formula is C11H24ClN. The van der Waals surface area contributed by atoms with E-state index in [1.807, 2.05) is 4.42 Å². The maximum Gasteiger partial charge on any atom is 0.0306 e. The summed E-state index contributed by atoms with van der Waals surface area (Å²) in [5.74, 6) is 0. The molecule has 0 bridgehead atoms. The van der Waals surface area contributed by atoms with Crippen molar-refractivity contribution in [3.63, 3.8) is 0 Å². The van der Waals surface area contributed by atoms with Crippen LogP contribution in [0.15, 0.2) is 0 Å². The van der Waals surface area contributed by atoms with Gasteiger partial charge in [0.05, 0.1) is 0 Å². The number of hydrogen-bond donors (Lipinski definition) is 0. The van der Waals surface area contributed by atoms with E-state index in [1.165, 1.54) is 25.7 Å². The van der Waals surface area contributed by atoms with Crippen LogP contribution in [0, 0.1) is 0 Å². The second-order valence-electron chi connectivity index (χ2n) is 4.36. The third kappa shape index (κ3) is 5.53. The minimum absolute atomic E-state index is 0.159. The Kier molecular flexibility index (Phi) is 6.79. The van der Waals surface area contributed by atoms with E-state index in [0.29, 0.717) is 0 Å². The number of nitrogens with zero attached hydrogens (tertiary/aromatic N) is 1. The third-order valence-electron chi connectivity index (χ3n) is 2.47. The normalized spacial score (nSPS) is 12.5. The Morgan fingerprint density at radius 2 is 1.69 bits per heavy atom. The average Bonchev–Trinajstić information content (AvgIpc) is 2.05. The SMILES string of the molecule is CCCCCC(C)(C)N(Cl)CCC. The molecule has 0 aromatic carbocycles. The highest BCUT2D eigenvalue weighted by Gasteiger charge is 2.23. The zero-order valence-electron chi connectivity index (χ0n) is 9.57. The second kappa shape index (κ2) is 6.67. The standard InChI is InChI=1S/C11H24ClN/c1-5-7-8-9-11(3,4)13(12)10-6-2/h5-10H2,1-4H3. The van der Waals surface area contributed by atoms with Crippen LogP contribution in [0.3, 0.4) is 0 Å². The Hall–Kier alpha value is 0.250. The van der Waals surface area contributed by atoms with Gasteiger partial charge in [0.2, 0.25) is 0 Å². The maximum atomic E-state index is 6.18. The topological polar surface area (TPSA) is 3.24 Å². The lowest BCUT2D eigenvalue weighted by molar-refractivity contribution is 0.216. The van der Waals surface area contributed by atoms with Crippen molar-refractivity contribution in [2.24, 2.45) is 0 Å². The molecular weight excluding hydrogens is 182 g/mol. The van der Waals surface area contributed by atoms with Crippen molar-refractivity contribution in [1.29, 1.82) is 0 Å². The van der Waals surface area contributed by atoms with Gasteiger partial charge in [-0.05, 0) is 38.5 Å². The molecule has 0 spiro atoms. The van der Waals surface area contributed by atoms with Gasteiger partial charge in [0, 0.05) is 12.1 Å². The third-order valence-corrected chi connectivity index (χ3v) is 3.10. The number of hydrogen-bond acceptors (Lipinski definition) is 1. The van der Waals surface area contributed by atoms with Crippen LogP contribution >= 0.6 is 11.8 Å². The first-order valence-electron chi connectivity index (χ1n) is 5.48. The predicted molar refractivity (Wildman–Crippen MR) is 61.1 cm³/mol. The van der Waals surface area contributed by atoms with E-state index >= 15 is 0 Å². The Balaban J connectivity index is 3.76. The lowest BCUT2D eigenvalue weighted by Gasteiger charge is -2.32. The van der Waals surface area contributed by atoms with Gasteiger partial charge in [0.25, 0.3) is 0 Å². The minimum Gasteiger partial charge on any atom is -0.215 e. The van der Waals surface area contributed by atoms with Crippen molar-refractivity contribution in [2.75, 3.05) is 6.54 Å². The first-order chi connectivity index (χ1) is 6.04. The molecule has 0 rings (SSSR count). The van der Waals surface area contributed by atoms with Crippen LogP contribution in [-0.2, 0) is 0 Å². The van der Waals surface area contributed by atoms with Gasteiger partial charge in [0.1, 0.15) is 0 Å². The molecule has 0 unspecified atom stereocenters. The lowest BCUT2D eigenvalue weighted by atomic mass is 9.96. The number of halogens is 1. The van der Waals surface area contributed by atoms with Crippen molar-refractivity contribution in [3.8, 4) is 0 Å². The first kappa shape index (κ1) is 13.2. The molecule has 0 aromatic rings. The van der Waals surface area contributed by atoms with E-state index in [4.69, 9.17) is 11.8 Å². The number of rotatable bonds is 7. The minimum atomic E-state index is 0.159. The zero-order valence-corrected chi connectivity index (χ0v) is 10.3. The van der Waals surface area contributed by atoms with Crippen molar-refractivity contribution in [2.45, 2.75) is 65.3 Å². The summed E-state index contributed by atoms with van der Waals surface area (Å²) in [6.07, 6.45) is 6.22. The van der Waals surface area contributed by atoms with Crippen LogP contribution in [0.5, 0.6) is 0 Å². The van der Waals surface area contributed by atoms with E-state index in [2.05, 4.69) is 27.7 Å². The van der Waals surface area contributed by atoms with Crippen LogP contribution in [0.2, 0.25) is 0 Å². The Bertz CT molecular complexity index is 123. The Morgan fingerprint density at radius 3 is 2.15 bits per heavy atom. The molecule has 0 aliphatic rings. The predicted octanol–water partition coefficient (Wildman–Crippen LogP) is 4.21. The van der Waals surface area contributed by atoms with E-state index in [1.54, 1.807) is 0 Å². The van der Waals surface area contributed by atoms with Gasteiger partial charge in [-0.15, -0.1) is 0 Å². The molecule has 0 radical (unpaired) electrons. The molecule has 0 aliphatic heterocycles. The number of unbranched alkanes of at least 4 members (excludes halogenated alkanes) is 2. The smallest absolute Gasteiger partial charge is 0.0306 e. The molecule has 0 heterocycles. The van der Waals surface area contributed by atoms with Crippen LogP contribution < -0.4 is 0 Å². The highest BCUT2D eigenvalue weighted by Crippen LogP contribution is 2.24. The van der Waals surface area contributed by atoms with Crippen molar-refractivity contribution in [1.82, 2.24) is 4.42 Å². The highest BCUT2D eigenvalue weighted by atomic mass is 35.5. The summed E-state index contributed by atoms with van der Waals surface area (Å²) in [7, 11) is 0. The molecule has 0 atom stereocenters. The largest absolute Gasteiger partial charge is 0.215 e. The van der Waals surface area contributed by atoms with E-state index in [0.717, 1.165) is 13.0 Å². The molecule has 0 aromatic heterocycles. The Labute approximate surface area is 88.6 Å². The summed E-state index contributed by atoms with van der Waals surface area (Å²) in [6, 6.07) is 0. The second-order valence-corrected chi connectivity index (χ2v) is 4.76. The van der Waals surface area contributed by atoms with E-state index in [9.17, 15) is 0 Å². The van der Waals surface area contributed by atoms with Gasteiger partial charge in [0.15, 0.2) is 0 Å². The molecule has 13 heavy (non-hydrogen) atoms. The van der Waals surface area contributed by atoms with Gasteiger partial charge >= 0.3 is 0 Å². The van der Waals surface area contributed by atoms with Gasteiger partial charge in [-0.1, -0.05) is 33.1 Å². The molecule has 0 amide bonds. The lowest BCUT2D eigenvalue weighted by Crippen LogP contribution is -2.37. The summed E-state index contributed by atoms with van der Waals surface area (Å²) in [6.45, 7) is 9.84. The van der Waals surface area contributed by atoms with Gasteiger partial charge < -0.3 is 0 Å². The zero-order chi connectivity index (χ0) is 10.3. The fourth-order valence-corrected chi connectivity index (χ4v) is 1.68. The van der Waals surface area contributed by atoms with Crippen LogP contribution in [-0.4, -0.2) is 16.5 Å². The van der Waals surface area contributed by atoms with E-state index in [-0.39, 0.29) is 5.54 Å². The van der Waals surface area contributed by atoms with Crippen LogP contribution in [0.4, 0.5) is 0 Å². The molecule has 0 saturated heterocycles.